The Hall–Kier alpha value is -1.92. The molecule has 6 nitrogen and oxygen atoms in total. The van der Waals surface area contributed by atoms with Gasteiger partial charge in [0.1, 0.15) is 6.61 Å². The number of nitrogens with zero attached hydrogens (tertiary/aromatic N) is 2. The minimum absolute atomic E-state index is 0.0455. The van der Waals surface area contributed by atoms with E-state index in [9.17, 15) is 9.59 Å². The molecule has 152 valence electrons. The van der Waals surface area contributed by atoms with Gasteiger partial charge in [-0.1, -0.05) is 30.7 Å². The van der Waals surface area contributed by atoms with Crippen LogP contribution in [0.4, 0.5) is 0 Å². The van der Waals surface area contributed by atoms with Crippen LogP contribution in [0.5, 0.6) is 0 Å². The van der Waals surface area contributed by atoms with Crippen molar-refractivity contribution in [2.75, 3.05) is 33.3 Å². The third-order valence-electron chi connectivity index (χ3n) is 6.47. The van der Waals surface area contributed by atoms with Gasteiger partial charge in [0.15, 0.2) is 6.10 Å². The molecule has 4 rings (SSSR count). The third-order valence-corrected chi connectivity index (χ3v) is 6.47. The van der Waals surface area contributed by atoms with Crippen LogP contribution in [0.3, 0.4) is 0 Å². The molecule has 2 heterocycles. The molecule has 0 radical (unpaired) electrons. The second kappa shape index (κ2) is 7.84. The Morgan fingerprint density at radius 2 is 1.93 bits per heavy atom. The zero-order chi connectivity index (χ0) is 19.7. The van der Waals surface area contributed by atoms with Crippen LogP contribution in [-0.2, 0) is 14.3 Å². The highest BCUT2D eigenvalue weighted by atomic mass is 16.5. The van der Waals surface area contributed by atoms with Crippen molar-refractivity contribution in [3.8, 4) is 0 Å². The van der Waals surface area contributed by atoms with Crippen LogP contribution in [0.2, 0.25) is 0 Å². The van der Waals surface area contributed by atoms with Crippen LogP contribution in [-0.4, -0.2) is 66.5 Å². The van der Waals surface area contributed by atoms with E-state index in [1.165, 1.54) is 19.3 Å². The summed E-state index contributed by atoms with van der Waals surface area (Å²) in [5.41, 5.74) is 1.91. The van der Waals surface area contributed by atoms with E-state index in [1.807, 2.05) is 31.2 Å². The Kier molecular flexibility index (Phi) is 5.43. The predicted molar refractivity (Wildman–Crippen MR) is 107 cm³/mol. The molecule has 2 atom stereocenters. The van der Waals surface area contributed by atoms with Crippen molar-refractivity contribution in [3.63, 3.8) is 0 Å². The van der Waals surface area contributed by atoms with Gasteiger partial charge in [-0.2, -0.15) is 0 Å². The molecule has 1 saturated carbocycles. The lowest BCUT2D eigenvalue weighted by molar-refractivity contribution is -0.162. The molecule has 2 saturated heterocycles. The maximum atomic E-state index is 13.3. The number of carbonyl (C=O) groups excluding carboxylic acids is 2. The smallest absolute Gasteiger partial charge is 0.252 e. The Labute approximate surface area is 167 Å². The van der Waals surface area contributed by atoms with E-state index in [2.05, 4.69) is 10.2 Å². The van der Waals surface area contributed by atoms with Crippen LogP contribution in [0, 0.1) is 6.92 Å². The molecule has 1 N–H and O–H groups in total. The lowest BCUT2D eigenvalue weighted by Gasteiger charge is -2.40. The van der Waals surface area contributed by atoms with Crippen molar-refractivity contribution in [1.29, 1.82) is 0 Å². The summed E-state index contributed by atoms with van der Waals surface area (Å²) in [6.45, 7) is 5.14. The standard InChI is InChI=1S/C22H31N3O3/c1-16-8-4-5-9-17(16)19-20(28-14-18(26)24(19)2)21(27)23-22(10-11-22)15-25-12-6-3-7-13-25/h4-5,8-9,19-20H,3,6-7,10-15H2,1-2H3,(H,23,27)/t19-,20+/m1/s1. The maximum absolute atomic E-state index is 13.3. The van der Waals surface area contributed by atoms with E-state index in [-0.39, 0.29) is 24.0 Å². The Balaban J connectivity index is 1.50. The largest absolute Gasteiger partial charge is 0.356 e. The molecule has 0 aromatic heterocycles. The maximum Gasteiger partial charge on any atom is 0.252 e. The summed E-state index contributed by atoms with van der Waals surface area (Å²) in [6.07, 6.45) is 5.17. The van der Waals surface area contributed by atoms with E-state index < -0.39 is 12.1 Å². The summed E-state index contributed by atoms with van der Waals surface area (Å²) in [6, 6.07) is 7.52. The predicted octanol–water partition coefficient (Wildman–Crippen LogP) is 2.03. The van der Waals surface area contributed by atoms with Gasteiger partial charge in [-0.25, -0.2) is 0 Å². The van der Waals surface area contributed by atoms with Gasteiger partial charge in [0, 0.05) is 13.6 Å². The van der Waals surface area contributed by atoms with Crippen LogP contribution in [0.25, 0.3) is 0 Å². The lowest BCUT2D eigenvalue weighted by atomic mass is 9.93. The number of hydrogen-bond acceptors (Lipinski definition) is 4. The number of carbonyl (C=O) groups is 2. The van der Waals surface area contributed by atoms with Crippen LogP contribution in [0.15, 0.2) is 24.3 Å². The van der Waals surface area contributed by atoms with Crippen LogP contribution in [0.1, 0.15) is 49.3 Å². The van der Waals surface area contributed by atoms with Gasteiger partial charge in [-0.05, 0) is 56.8 Å². The zero-order valence-electron chi connectivity index (χ0n) is 16.9. The molecule has 6 heteroatoms. The van der Waals surface area contributed by atoms with Gasteiger partial charge in [0.05, 0.1) is 11.6 Å². The molecule has 2 aliphatic heterocycles. The van der Waals surface area contributed by atoms with E-state index in [0.29, 0.717) is 0 Å². The van der Waals surface area contributed by atoms with Crippen LogP contribution < -0.4 is 5.32 Å². The van der Waals surface area contributed by atoms with Gasteiger partial charge < -0.3 is 19.9 Å². The van der Waals surface area contributed by atoms with E-state index in [0.717, 1.165) is 43.6 Å². The van der Waals surface area contributed by atoms with Gasteiger partial charge in [0.2, 0.25) is 5.91 Å². The van der Waals surface area contributed by atoms with Crippen molar-refractivity contribution in [2.45, 2.75) is 56.7 Å². The Morgan fingerprint density at radius 3 is 2.61 bits per heavy atom. The average molecular weight is 386 g/mol. The highest BCUT2D eigenvalue weighted by molar-refractivity contribution is 5.87. The molecular formula is C22H31N3O3. The first kappa shape index (κ1) is 19.4. The zero-order valence-corrected chi connectivity index (χ0v) is 16.9. The molecule has 0 spiro atoms. The van der Waals surface area contributed by atoms with Crippen molar-refractivity contribution in [2.24, 2.45) is 0 Å². The summed E-state index contributed by atoms with van der Waals surface area (Å²) in [7, 11) is 1.77. The minimum atomic E-state index is -0.678. The highest BCUT2D eigenvalue weighted by Crippen LogP contribution is 2.38. The van der Waals surface area contributed by atoms with Crippen molar-refractivity contribution < 1.29 is 14.3 Å². The molecular weight excluding hydrogens is 354 g/mol. The first-order valence-electron chi connectivity index (χ1n) is 10.5. The summed E-state index contributed by atoms with van der Waals surface area (Å²) in [5.74, 6) is -0.186. The fourth-order valence-corrected chi connectivity index (χ4v) is 4.57. The van der Waals surface area contributed by atoms with Gasteiger partial charge in [0.25, 0.3) is 5.91 Å². The van der Waals surface area contributed by atoms with Gasteiger partial charge >= 0.3 is 0 Å². The lowest BCUT2D eigenvalue weighted by Crippen LogP contribution is -2.56. The molecule has 3 aliphatic rings. The number of morpholine rings is 1. The summed E-state index contributed by atoms with van der Waals surface area (Å²) >= 11 is 0. The summed E-state index contributed by atoms with van der Waals surface area (Å²) in [4.78, 5) is 29.7. The minimum Gasteiger partial charge on any atom is -0.356 e. The second-order valence-corrected chi connectivity index (χ2v) is 8.64. The number of likely N-dealkylation sites (tertiary alicyclic amines) is 1. The van der Waals surface area contributed by atoms with Gasteiger partial charge in [-0.15, -0.1) is 0 Å². The molecule has 0 bridgehead atoms. The van der Waals surface area contributed by atoms with Crippen LogP contribution >= 0.6 is 0 Å². The van der Waals surface area contributed by atoms with Crippen molar-refractivity contribution in [3.05, 3.63) is 35.4 Å². The van der Waals surface area contributed by atoms with Crippen molar-refractivity contribution >= 4 is 11.8 Å². The summed E-state index contributed by atoms with van der Waals surface area (Å²) in [5, 5.41) is 3.30. The normalized spacial score (nSPS) is 27.5. The average Bonchev–Trinajstić information content (AvgIpc) is 3.44. The molecule has 3 fully saturated rings. The number of nitrogens with one attached hydrogen (secondary N) is 1. The molecule has 1 aromatic carbocycles. The Morgan fingerprint density at radius 1 is 1.21 bits per heavy atom. The third kappa shape index (κ3) is 3.94. The number of rotatable bonds is 5. The highest BCUT2D eigenvalue weighted by Gasteiger charge is 2.49. The van der Waals surface area contributed by atoms with E-state index in [1.54, 1.807) is 11.9 Å². The molecule has 1 aromatic rings. The number of aryl methyl sites for hydroxylation is 1. The number of likely N-dealkylation sites (N-methyl/N-ethyl adjacent to an activating group) is 1. The number of piperidine rings is 1. The van der Waals surface area contributed by atoms with E-state index in [4.69, 9.17) is 4.74 Å². The quantitative estimate of drug-likeness (QED) is 0.843. The second-order valence-electron chi connectivity index (χ2n) is 8.64. The first-order chi connectivity index (χ1) is 13.5. The molecule has 28 heavy (non-hydrogen) atoms. The molecule has 1 aliphatic carbocycles. The number of benzene rings is 1. The number of amides is 2. The number of ether oxygens (including phenoxy) is 1. The fraction of sp³-hybridized carbons (Fsp3) is 0.636. The van der Waals surface area contributed by atoms with Gasteiger partial charge in [-0.3, -0.25) is 9.59 Å². The molecule has 2 amide bonds. The monoisotopic (exact) mass is 385 g/mol. The number of hydrogen-bond donors (Lipinski definition) is 1. The SMILES string of the molecule is Cc1ccccc1[C@@H]1[C@@H](C(=O)NC2(CN3CCCCC3)CC2)OCC(=O)N1C. The van der Waals surface area contributed by atoms with E-state index >= 15 is 0 Å². The Bertz CT molecular complexity index is 740. The molecule has 0 unspecified atom stereocenters. The first-order valence-corrected chi connectivity index (χ1v) is 10.5. The fourth-order valence-electron chi connectivity index (χ4n) is 4.57. The summed E-state index contributed by atoms with van der Waals surface area (Å²) < 4.78 is 5.79. The topological polar surface area (TPSA) is 61.9 Å². The van der Waals surface area contributed by atoms with Crippen molar-refractivity contribution in [1.82, 2.24) is 15.1 Å².